The number of hydrogen-bond acceptors (Lipinski definition) is 4. The number of esters is 1. The fourth-order valence-electron chi connectivity index (χ4n) is 3.64. The average molecular weight is 403 g/mol. The molecule has 0 N–H and O–H groups in total. The van der Waals surface area contributed by atoms with Crippen molar-refractivity contribution in [1.82, 2.24) is 0 Å². The van der Waals surface area contributed by atoms with Crippen LogP contribution in [0.4, 0.5) is 0 Å². The van der Waals surface area contributed by atoms with Crippen LogP contribution in [-0.4, -0.2) is 19.7 Å². The fraction of sp³-hybridized carbons (Fsp3) is 0.350. The summed E-state index contributed by atoms with van der Waals surface area (Å²) in [5.74, 6) is 1.45. The fourth-order valence-corrected chi connectivity index (χ4v) is 4.22. The van der Waals surface area contributed by atoms with E-state index in [1.807, 2.05) is 24.3 Å². The van der Waals surface area contributed by atoms with Gasteiger partial charge in [0.1, 0.15) is 17.6 Å². The molecule has 0 saturated heterocycles. The molecule has 1 aliphatic carbocycles. The number of hydrogen-bond donors (Lipinski definition) is 0. The Hall–Kier alpha value is -2.01. The lowest BCUT2D eigenvalue weighted by molar-refractivity contribution is -0.141. The molecule has 1 heterocycles. The molecule has 2 aromatic rings. The van der Waals surface area contributed by atoms with E-state index in [0.29, 0.717) is 13.0 Å². The van der Waals surface area contributed by atoms with Gasteiger partial charge >= 0.3 is 5.97 Å². The van der Waals surface area contributed by atoms with Crippen LogP contribution in [0.15, 0.2) is 40.9 Å². The Balaban J connectivity index is 1.51. The van der Waals surface area contributed by atoms with E-state index in [1.54, 1.807) is 0 Å². The van der Waals surface area contributed by atoms with Gasteiger partial charge in [0.2, 0.25) is 0 Å². The number of carbonyl (C=O) groups excluding carboxylic acids is 1. The monoisotopic (exact) mass is 402 g/mol. The third kappa shape index (κ3) is 3.13. The van der Waals surface area contributed by atoms with Crippen molar-refractivity contribution in [3.05, 3.63) is 57.6 Å². The summed E-state index contributed by atoms with van der Waals surface area (Å²) in [5.41, 5.74) is 3.63. The van der Waals surface area contributed by atoms with Gasteiger partial charge in [-0.15, -0.1) is 0 Å². The summed E-state index contributed by atoms with van der Waals surface area (Å²) in [6.07, 6.45) is 2.40. The van der Waals surface area contributed by atoms with Crippen molar-refractivity contribution in [3.63, 3.8) is 0 Å². The highest BCUT2D eigenvalue weighted by Gasteiger charge is 2.29. The standard InChI is InChI=1S/C20H19BrO4/c1-23-20(22)9-12-11-24-19-10-13(5-6-14(12)19)25-18-8-7-15-16(18)3-2-4-17(15)21/h2-6,10,12,18H,7-9,11H2,1H3/t12-,18+/m0/s1. The van der Waals surface area contributed by atoms with Crippen molar-refractivity contribution >= 4 is 21.9 Å². The number of ether oxygens (including phenoxy) is 3. The molecule has 0 aromatic heterocycles. The smallest absolute Gasteiger partial charge is 0.306 e. The van der Waals surface area contributed by atoms with Gasteiger partial charge < -0.3 is 14.2 Å². The Morgan fingerprint density at radius 2 is 2.16 bits per heavy atom. The van der Waals surface area contributed by atoms with E-state index in [4.69, 9.17) is 14.2 Å². The van der Waals surface area contributed by atoms with Crippen LogP contribution in [0.3, 0.4) is 0 Å². The van der Waals surface area contributed by atoms with Gasteiger partial charge in [-0.05, 0) is 36.1 Å². The largest absolute Gasteiger partial charge is 0.492 e. The Morgan fingerprint density at radius 3 is 3.00 bits per heavy atom. The summed E-state index contributed by atoms with van der Waals surface area (Å²) in [4.78, 5) is 11.5. The van der Waals surface area contributed by atoms with Crippen LogP contribution in [-0.2, 0) is 16.0 Å². The van der Waals surface area contributed by atoms with E-state index in [2.05, 4.69) is 28.1 Å². The van der Waals surface area contributed by atoms with Gasteiger partial charge in [0.05, 0.1) is 20.1 Å². The molecule has 2 atom stereocenters. The second-order valence-electron chi connectivity index (χ2n) is 6.44. The Morgan fingerprint density at radius 1 is 1.28 bits per heavy atom. The van der Waals surface area contributed by atoms with Crippen LogP contribution in [0.25, 0.3) is 0 Å². The average Bonchev–Trinajstić information content (AvgIpc) is 3.20. The molecular formula is C20H19BrO4. The van der Waals surface area contributed by atoms with Crippen molar-refractivity contribution in [2.75, 3.05) is 13.7 Å². The summed E-state index contributed by atoms with van der Waals surface area (Å²) in [6, 6.07) is 12.2. The van der Waals surface area contributed by atoms with Gasteiger partial charge in [-0.2, -0.15) is 0 Å². The van der Waals surface area contributed by atoms with Gasteiger partial charge in [-0.1, -0.05) is 34.1 Å². The molecule has 0 spiro atoms. The van der Waals surface area contributed by atoms with Crippen molar-refractivity contribution < 1.29 is 19.0 Å². The van der Waals surface area contributed by atoms with Crippen LogP contribution < -0.4 is 9.47 Å². The van der Waals surface area contributed by atoms with Crippen molar-refractivity contribution in [3.8, 4) is 11.5 Å². The summed E-state index contributed by atoms with van der Waals surface area (Å²) < 4.78 is 17.9. The van der Waals surface area contributed by atoms with E-state index in [1.165, 1.54) is 18.2 Å². The van der Waals surface area contributed by atoms with Gasteiger partial charge in [-0.3, -0.25) is 4.79 Å². The third-order valence-electron chi connectivity index (χ3n) is 4.94. The molecule has 130 valence electrons. The maximum atomic E-state index is 11.5. The molecule has 0 radical (unpaired) electrons. The zero-order valence-corrected chi connectivity index (χ0v) is 15.5. The molecule has 4 nitrogen and oxygen atoms in total. The normalized spacial score (nSPS) is 20.6. The van der Waals surface area contributed by atoms with Crippen LogP contribution >= 0.6 is 15.9 Å². The Labute approximate surface area is 155 Å². The first-order valence-corrected chi connectivity index (χ1v) is 9.22. The highest BCUT2D eigenvalue weighted by molar-refractivity contribution is 9.10. The second kappa shape index (κ2) is 6.71. The second-order valence-corrected chi connectivity index (χ2v) is 7.29. The summed E-state index contributed by atoms with van der Waals surface area (Å²) in [6.45, 7) is 0.507. The minimum Gasteiger partial charge on any atom is -0.492 e. The molecule has 0 bridgehead atoms. The third-order valence-corrected chi connectivity index (χ3v) is 5.69. The molecule has 5 heteroatoms. The number of halogens is 1. The number of rotatable bonds is 4. The first kappa shape index (κ1) is 16.5. The van der Waals surface area contributed by atoms with E-state index >= 15 is 0 Å². The van der Waals surface area contributed by atoms with Crippen LogP contribution in [0, 0.1) is 0 Å². The summed E-state index contributed by atoms with van der Waals surface area (Å²) in [5, 5.41) is 0. The highest BCUT2D eigenvalue weighted by Crippen LogP contribution is 2.42. The maximum absolute atomic E-state index is 11.5. The summed E-state index contributed by atoms with van der Waals surface area (Å²) >= 11 is 3.62. The lowest BCUT2D eigenvalue weighted by Crippen LogP contribution is -2.09. The zero-order valence-electron chi connectivity index (χ0n) is 14.0. The van der Waals surface area contributed by atoms with Crippen molar-refractivity contribution in [1.29, 1.82) is 0 Å². The lowest BCUT2D eigenvalue weighted by Gasteiger charge is -2.16. The van der Waals surface area contributed by atoms with E-state index in [0.717, 1.165) is 34.4 Å². The summed E-state index contributed by atoms with van der Waals surface area (Å²) in [7, 11) is 1.41. The topological polar surface area (TPSA) is 44.8 Å². The van der Waals surface area contributed by atoms with Gasteiger partial charge in [0.15, 0.2) is 0 Å². The first-order chi connectivity index (χ1) is 12.2. The predicted octanol–water partition coefficient (Wildman–Crippen LogP) is 4.55. The predicted molar refractivity (Wildman–Crippen MR) is 97.1 cm³/mol. The van der Waals surface area contributed by atoms with Gasteiger partial charge in [0.25, 0.3) is 0 Å². The Kier molecular flexibility index (Phi) is 4.42. The quantitative estimate of drug-likeness (QED) is 0.703. The molecular weight excluding hydrogens is 384 g/mol. The van der Waals surface area contributed by atoms with Gasteiger partial charge in [-0.25, -0.2) is 0 Å². The van der Waals surface area contributed by atoms with Crippen LogP contribution in [0.2, 0.25) is 0 Å². The number of benzene rings is 2. The highest BCUT2D eigenvalue weighted by atomic mass is 79.9. The molecule has 0 unspecified atom stereocenters. The lowest BCUT2D eigenvalue weighted by atomic mass is 9.98. The van der Waals surface area contributed by atoms with Crippen molar-refractivity contribution in [2.24, 2.45) is 0 Å². The Bertz CT molecular complexity index is 817. The number of methoxy groups -OCH3 is 1. The molecule has 0 amide bonds. The molecule has 1 aliphatic heterocycles. The van der Waals surface area contributed by atoms with E-state index in [-0.39, 0.29) is 18.0 Å². The minimum atomic E-state index is -0.213. The SMILES string of the molecule is COC(=O)C[C@H]1COc2cc(O[C@@H]3CCc4c(Br)cccc43)ccc21. The van der Waals surface area contributed by atoms with Gasteiger partial charge in [0, 0.05) is 22.0 Å². The number of fused-ring (bicyclic) bond motifs is 2. The molecule has 2 aliphatic rings. The van der Waals surface area contributed by atoms with E-state index in [9.17, 15) is 4.79 Å². The van der Waals surface area contributed by atoms with Crippen LogP contribution in [0.1, 0.15) is 41.6 Å². The molecule has 2 aromatic carbocycles. The minimum absolute atomic E-state index is 0.0552. The molecule has 4 rings (SSSR count). The zero-order chi connectivity index (χ0) is 17.4. The first-order valence-electron chi connectivity index (χ1n) is 8.43. The molecule has 25 heavy (non-hydrogen) atoms. The number of carbonyl (C=O) groups is 1. The molecule has 0 saturated carbocycles. The molecule has 0 fully saturated rings. The van der Waals surface area contributed by atoms with Crippen LogP contribution in [0.5, 0.6) is 11.5 Å². The van der Waals surface area contributed by atoms with Crippen molar-refractivity contribution in [2.45, 2.75) is 31.3 Å². The maximum Gasteiger partial charge on any atom is 0.306 e. The van der Waals surface area contributed by atoms with E-state index < -0.39 is 0 Å².